The summed E-state index contributed by atoms with van der Waals surface area (Å²) in [6.07, 6.45) is 1.25. The number of ether oxygens (including phenoxy) is 1. The molecule has 0 spiro atoms. The van der Waals surface area contributed by atoms with Crippen LogP contribution in [0.15, 0.2) is 71.8 Å². The number of anilines is 1. The predicted molar refractivity (Wildman–Crippen MR) is 136 cm³/mol. The Morgan fingerprint density at radius 2 is 1.69 bits per heavy atom. The zero-order valence-corrected chi connectivity index (χ0v) is 20.3. The van der Waals surface area contributed by atoms with E-state index < -0.39 is 17.7 Å². The number of nitrogens with zero attached hydrogens (tertiary/aromatic N) is 1. The molecule has 0 fully saturated rings. The van der Waals surface area contributed by atoms with Crippen molar-refractivity contribution in [1.82, 2.24) is 10.7 Å². The van der Waals surface area contributed by atoms with E-state index in [1.807, 2.05) is 30.3 Å². The highest BCUT2D eigenvalue weighted by molar-refractivity contribution is 6.44. The van der Waals surface area contributed by atoms with E-state index in [1.54, 1.807) is 24.3 Å². The molecule has 3 aromatic rings. The van der Waals surface area contributed by atoms with E-state index in [0.29, 0.717) is 21.3 Å². The van der Waals surface area contributed by atoms with E-state index in [1.165, 1.54) is 18.3 Å². The second-order valence-electron chi connectivity index (χ2n) is 6.99. The summed E-state index contributed by atoms with van der Waals surface area (Å²) in [6, 6.07) is 18.6. The molecule has 0 aromatic heterocycles. The number of halogens is 3. The van der Waals surface area contributed by atoms with Crippen LogP contribution in [0.2, 0.25) is 15.1 Å². The van der Waals surface area contributed by atoms with Crippen molar-refractivity contribution in [2.24, 2.45) is 5.10 Å². The van der Waals surface area contributed by atoms with Crippen LogP contribution in [0.1, 0.15) is 11.1 Å². The van der Waals surface area contributed by atoms with Crippen LogP contribution in [-0.4, -0.2) is 30.5 Å². The summed E-state index contributed by atoms with van der Waals surface area (Å²) in [6.45, 7) is -0.148. The third-order valence-electron chi connectivity index (χ3n) is 4.43. The lowest BCUT2D eigenvalue weighted by Crippen LogP contribution is -2.37. The molecule has 0 saturated carbocycles. The Balaban J connectivity index is 1.55. The molecular formula is C24H19Cl3N4O4. The van der Waals surface area contributed by atoms with Gasteiger partial charge in [0.25, 0.3) is 5.91 Å². The molecule has 0 unspecified atom stereocenters. The van der Waals surface area contributed by atoms with Crippen molar-refractivity contribution in [3.63, 3.8) is 0 Å². The molecule has 0 saturated heterocycles. The average molecular weight is 534 g/mol. The van der Waals surface area contributed by atoms with Gasteiger partial charge in [-0.25, -0.2) is 5.43 Å². The number of hydrogen-bond donors (Lipinski definition) is 3. The zero-order chi connectivity index (χ0) is 25.2. The van der Waals surface area contributed by atoms with E-state index in [-0.39, 0.29) is 23.9 Å². The highest BCUT2D eigenvalue weighted by Gasteiger charge is 2.13. The number of nitrogens with one attached hydrogen (secondary N) is 3. The third-order valence-corrected chi connectivity index (χ3v) is 5.48. The molecule has 0 bridgehead atoms. The first-order valence-corrected chi connectivity index (χ1v) is 11.3. The van der Waals surface area contributed by atoms with E-state index in [2.05, 4.69) is 21.2 Å². The Hall–Kier alpha value is -3.59. The van der Waals surface area contributed by atoms with Crippen molar-refractivity contribution in [1.29, 1.82) is 0 Å². The molecule has 35 heavy (non-hydrogen) atoms. The van der Waals surface area contributed by atoms with Crippen molar-refractivity contribution in [3.05, 3.63) is 92.9 Å². The summed E-state index contributed by atoms with van der Waals surface area (Å²) in [5.74, 6) is -1.99. The SMILES string of the molecule is O=C(COc1ccc(Cl)cc1/C=N\NC(=O)C(=O)NCc1ccccc1)Nc1cccc(Cl)c1Cl. The number of carbonyl (C=O) groups excluding carboxylic acids is 3. The normalized spacial score (nSPS) is 10.6. The number of amides is 3. The quantitative estimate of drug-likeness (QED) is 0.226. The lowest BCUT2D eigenvalue weighted by Gasteiger charge is -2.11. The lowest BCUT2D eigenvalue weighted by molar-refractivity contribution is -0.139. The van der Waals surface area contributed by atoms with Crippen LogP contribution in [0.3, 0.4) is 0 Å². The summed E-state index contributed by atoms with van der Waals surface area (Å²) in [7, 11) is 0. The monoisotopic (exact) mass is 532 g/mol. The van der Waals surface area contributed by atoms with Gasteiger partial charge in [0.1, 0.15) is 5.75 Å². The minimum absolute atomic E-state index is 0.200. The molecule has 0 aliphatic rings. The van der Waals surface area contributed by atoms with E-state index in [0.717, 1.165) is 5.56 Å². The molecule has 0 radical (unpaired) electrons. The second-order valence-corrected chi connectivity index (χ2v) is 8.21. The molecule has 0 heterocycles. The maximum Gasteiger partial charge on any atom is 0.329 e. The van der Waals surface area contributed by atoms with Gasteiger partial charge in [-0.1, -0.05) is 71.2 Å². The lowest BCUT2D eigenvalue weighted by atomic mass is 10.2. The van der Waals surface area contributed by atoms with E-state index in [4.69, 9.17) is 39.5 Å². The summed E-state index contributed by atoms with van der Waals surface area (Å²) < 4.78 is 5.56. The number of carbonyl (C=O) groups is 3. The van der Waals surface area contributed by atoms with Gasteiger partial charge in [-0.15, -0.1) is 0 Å². The Morgan fingerprint density at radius 1 is 0.914 bits per heavy atom. The molecular weight excluding hydrogens is 515 g/mol. The first-order chi connectivity index (χ1) is 16.8. The zero-order valence-electron chi connectivity index (χ0n) is 18.1. The topological polar surface area (TPSA) is 109 Å². The fraction of sp³-hybridized carbons (Fsp3) is 0.0833. The third kappa shape index (κ3) is 7.99. The molecule has 3 aromatic carbocycles. The number of hydrazone groups is 1. The van der Waals surface area contributed by atoms with Crippen molar-refractivity contribution in [2.75, 3.05) is 11.9 Å². The number of rotatable bonds is 8. The van der Waals surface area contributed by atoms with Crippen molar-refractivity contribution >= 4 is 64.4 Å². The fourth-order valence-corrected chi connectivity index (χ4v) is 3.28. The first kappa shape index (κ1) is 26.0. The van der Waals surface area contributed by atoms with Crippen LogP contribution in [0.5, 0.6) is 5.75 Å². The van der Waals surface area contributed by atoms with E-state index >= 15 is 0 Å². The van der Waals surface area contributed by atoms with Gasteiger partial charge in [-0.05, 0) is 35.9 Å². The van der Waals surface area contributed by atoms with Crippen LogP contribution in [0.4, 0.5) is 5.69 Å². The highest BCUT2D eigenvalue weighted by atomic mass is 35.5. The average Bonchev–Trinajstić information content (AvgIpc) is 2.85. The van der Waals surface area contributed by atoms with Gasteiger partial charge >= 0.3 is 11.8 Å². The van der Waals surface area contributed by atoms with Gasteiger partial charge in [0.15, 0.2) is 6.61 Å². The van der Waals surface area contributed by atoms with Crippen LogP contribution >= 0.6 is 34.8 Å². The summed E-state index contributed by atoms with van der Waals surface area (Å²) >= 11 is 18.1. The molecule has 0 atom stereocenters. The van der Waals surface area contributed by atoms with Gasteiger partial charge in [0, 0.05) is 17.1 Å². The number of benzene rings is 3. The predicted octanol–water partition coefficient (Wildman–Crippen LogP) is 4.43. The van der Waals surface area contributed by atoms with Crippen molar-refractivity contribution in [2.45, 2.75) is 6.54 Å². The molecule has 11 heteroatoms. The maximum absolute atomic E-state index is 12.3. The molecule has 180 valence electrons. The molecule has 8 nitrogen and oxygen atoms in total. The molecule has 0 aliphatic heterocycles. The minimum atomic E-state index is -0.945. The van der Waals surface area contributed by atoms with Crippen LogP contribution in [0, 0.1) is 0 Å². The minimum Gasteiger partial charge on any atom is -0.483 e. The van der Waals surface area contributed by atoms with E-state index in [9.17, 15) is 14.4 Å². The smallest absolute Gasteiger partial charge is 0.329 e. The van der Waals surface area contributed by atoms with Gasteiger partial charge < -0.3 is 15.4 Å². The Bertz CT molecular complexity index is 1250. The highest BCUT2D eigenvalue weighted by Crippen LogP contribution is 2.29. The van der Waals surface area contributed by atoms with Crippen molar-refractivity contribution in [3.8, 4) is 5.75 Å². The molecule has 3 rings (SSSR count). The number of hydrogen-bond acceptors (Lipinski definition) is 5. The van der Waals surface area contributed by atoms with Gasteiger partial charge in [-0.3, -0.25) is 14.4 Å². The molecule has 0 aliphatic carbocycles. The maximum atomic E-state index is 12.3. The molecule has 3 amide bonds. The second kappa shape index (κ2) is 12.8. The Labute approximate surface area is 216 Å². The van der Waals surface area contributed by atoms with Crippen molar-refractivity contribution < 1.29 is 19.1 Å². The summed E-state index contributed by atoms with van der Waals surface area (Å²) in [5, 5.41) is 9.77. The van der Waals surface area contributed by atoms with Crippen LogP contribution in [-0.2, 0) is 20.9 Å². The van der Waals surface area contributed by atoms with Gasteiger partial charge in [-0.2, -0.15) is 5.10 Å². The summed E-state index contributed by atoms with van der Waals surface area (Å²) in [5.41, 5.74) is 3.70. The van der Waals surface area contributed by atoms with Gasteiger partial charge in [0.2, 0.25) is 0 Å². The summed E-state index contributed by atoms with van der Waals surface area (Å²) in [4.78, 5) is 36.2. The standard InChI is InChI=1S/C24H19Cl3N4O4/c25-17-9-10-20(35-14-21(32)30-19-8-4-7-18(26)22(19)27)16(11-17)13-29-31-24(34)23(33)28-12-15-5-2-1-3-6-15/h1-11,13H,12,14H2,(H,28,33)(H,30,32)(H,31,34)/b29-13-. The fourth-order valence-electron chi connectivity index (χ4n) is 2.75. The largest absolute Gasteiger partial charge is 0.483 e. The first-order valence-electron chi connectivity index (χ1n) is 10.1. The van der Waals surface area contributed by atoms with Gasteiger partial charge in [0.05, 0.1) is 21.9 Å². The Morgan fingerprint density at radius 3 is 2.46 bits per heavy atom. The van der Waals surface area contributed by atoms with Crippen LogP contribution < -0.4 is 20.8 Å². The van der Waals surface area contributed by atoms with Crippen LogP contribution in [0.25, 0.3) is 0 Å². The Kier molecular flexibility index (Phi) is 9.48. The molecule has 3 N–H and O–H groups in total.